The lowest BCUT2D eigenvalue weighted by Gasteiger charge is -2.18. The van der Waals surface area contributed by atoms with Crippen molar-refractivity contribution in [3.05, 3.63) is 46.8 Å². The Balaban J connectivity index is 2.01. The second-order valence-corrected chi connectivity index (χ2v) is 5.43. The van der Waals surface area contributed by atoms with Crippen molar-refractivity contribution >= 4 is 5.69 Å². The highest BCUT2D eigenvalue weighted by atomic mass is 15.1. The number of H-pyrrole nitrogens is 1. The molecular formula is C17H26N4. The minimum Gasteiger partial charge on any atom is -0.381 e. The largest absolute Gasteiger partial charge is 0.381 e. The zero-order valence-electron chi connectivity index (χ0n) is 13.5. The minimum atomic E-state index is 0.808. The van der Waals surface area contributed by atoms with Gasteiger partial charge in [0.05, 0.1) is 5.69 Å². The highest BCUT2D eigenvalue weighted by molar-refractivity contribution is 5.46. The molecule has 0 spiro atoms. The van der Waals surface area contributed by atoms with Crippen LogP contribution in [0.4, 0.5) is 5.69 Å². The van der Waals surface area contributed by atoms with Crippen molar-refractivity contribution in [2.24, 2.45) is 0 Å². The summed E-state index contributed by atoms with van der Waals surface area (Å²) in [4.78, 5) is 2.42. The number of nitrogens with one attached hydrogen (secondary N) is 2. The van der Waals surface area contributed by atoms with Crippen molar-refractivity contribution in [1.82, 2.24) is 15.1 Å². The number of aromatic nitrogens is 2. The third-order valence-corrected chi connectivity index (χ3v) is 3.98. The summed E-state index contributed by atoms with van der Waals surface area (Å²) in [6.07, 6.45) is 0. The van der Waals surface area contributed by atoms with E-state index in [1.807, 2.05) is 6.92 Å². The molecule has 0 aliphatic heterocycles. The van der Waals surface area contributed by atoms with Crippen LogP contribution in [0.2, 0.25) is 0 Å². The Morgan fingerprint density at radius 3 is 2.57 bits per heavy atom. The van der Waals surface area contributed by atoms with Gasteiger partial charge in [-0.15, -0.1) is 0 Å². The lowest BCUT2D eigenvalue weighted by atomic mass is 10.1. The summed E-state index contributed by atoms with van der Waals surface area (Å²) in [5, 5.41) is 10.8. The summed E-state index contributed by atoms with van der Waals surface area (Å²) in [5.74, 6) is 0. The molecule has 4 heteroatoms. The first kappa shape index (κ1) is 15.6. The molecule has 1 aromatic heterocycles. The van der Waals surface area contributed by atoms with Crippen molar-refractivity contribution in [2.75, 3.05) is 18.4 Å². The van der Waals surface area contributed by atoms with Crippen LogP contribution in [0.25, 0.3) is 0 Å². The van der Waals surface area contributed by atoms with Crippen LogP contribution in [0, 0.1) is 13.8 Å². The Morgan fingerprint density at radius 2 is 1.95 bits per heavy atom. The Hall–Kier alpha value is -1.81. The molecule has 0 amide bonds. The number of hydrogen-bond acceptors (Lipinski definition) is 3. The van der Waals surface area contributed by atoms with Crippen molar-refractivity contribution in [3.8, 4) is 0 Å². The molecule has 0 fully saturated rings. The molecule has 1 aromatic carbocycles. The van der Waals surface area contributed by atoms with Gasteiger partial charge in [-0.05, 0) is 44.6 Å². The van der Waals surface area contributed by atoms with Gasteiger partial charge in [0.1, 0.15) is 0 Å². The predicted molar refractivity (Wildman–Crippen MR) is 88.5 cm³/mol. The van der Waals surface area contributed by atoms with E-state index in [0.717, 1.165) is 37.6 Å². The molecule has 0 unspecified atom stereocenters. The molecule has 0 aliphatic carbocycles. The average molecular weight is 286 g/mol. The molecule has 2 N–H and O–H groups in total. The van der Waals surface area contributed by atoms with Gasteiger partial charge in [0.25, 0.3) is 0 Å². The number of aromatic amines is 1. The van der Waals surface area contributed by atoms with Crippen LogP contribution < -0.4 is 5.32 Å². The maximum absolute atomic E-state index is 4.24. The van der Waals surface area contributed by atoms with E-state index in [0.29, 0.717) is 0 Å². The maximum atomic E-state index is 4.24. The van der Waals surface area contributed by atoms with Gasteiger partial charge in [-0.3, -0.25) is 10.00 Å². The van der Waals surface area contributed by atoms with Crippen molar-refractivity contribution in [3.63, 3.8) is 0 Å². The normalized spacial score (nSPS) is 11.1. The zero-order chi connectivity index (χ0) is 15.2. The van der Waals surface area contributed by atoms with Crippen molar-refractivity contribution in [1.29, 1.82) is 0 Å². The lowest BCUT2D eigenvalue weighted by molar-refractivity contribution is 0.296. The van der Waals surface area contributed by atoms with Gasteiger partial charge in [0, 0.05) is 30.0 Å². The van der Waals surface area contributed by atoms with E-state index < -0.39 is 0 Å². The highest BCUT2D eigenvalue weighted by Crippen LogP contribution is 2.16. The van der Waals surface area contributed by atoms with E-state index in [1.165, 1.54) is 16.8 Å². The van der Waals surface area contributed by atoms with Crippen molar-refractivity contribution in [2.45, 2.75) is 40.8 Å². The molecule has 2 rings (SSSR count). The van der Waals surface area contributed by atoms with Crippen LogP contribution in [-0.4, -0.2) is 28.2 Å². The molecular weight excluding hydrogens is 260 g/mol. The Bertz CT molecular complexity index is 550. The number of anilines is 1. The molecule has 0 aliphatic rings. The third-order valence-electron chi connectivity index (χ3n) is 3.98. The van der Waals surface area contributed by atoms with Crippen molar-refractivity contribution < 1.29 is 0 Å². The molecule has 2 aromatic rings. The summed E-state index contributed by atoms with van der Waals surface area (Å²) in [7, 11) is 0. The summed E-state index contributed by atoms with van der Waals surface area (Å²) in [5.41, 5.74) is 5.98. The Morgan fingerprint density at radius 1 is 1.19 bits per heavy atom. The van der Waals surface area contributed by atoms with Crippen LogP contribution in [0.15, 0.2) is 24.3 Å². The molecule has 1 heterocycles. The van der Waals surface area contributed by atoms with Gasteiger partial charge in [-0.1, -0.05) is 26.0 Å². The maximum Gasteiger partial charge on any atom is 0.0643 e. The summed E-state index contributed by atoms with van der Waals surface area (Å²) < 4.78 is 0. The molecule has 0 atom stereocenters. The standard InChI is InChI=1S/C17H26N4/c1-5-21(6-2)12-15-8-7-9-16(10-15)18-11-17-13(3)19-20-14(17)4/h7-10,18H,5-6,11-12H2,1-4H3,(H,19,20). The second-order valence-electron chi connectivity index (χ2n) is 5.43. The first-order valence-corrected chi connectivity index (χ1v) is 7.69. The van der Waals surface area contributed by atoms with Crippen LogP contribution in [0.3, 0.4) is 0 Å². The quantitative estimate of drug-likeness (QED) is 0.819. The van der Waals surface area contributed by atoms with E-state index in [-0.39, 0.29) is 0 Å². The molecule has 0 saturated carbocycles. The lowest BCUT2D eigenvalue weighted by Crippen LogP contribution is -2.22. The molecule has 0 bridgehead atoms. The van der Waals surface area contributed by atoms with Crippen LogP contribution in [-0.2, 0) is 13.1 Å². The van der Waals surface area contributed by atoms with Gasteiger partial charge in [-0.25, -0.2) is 0 Å². The molecule has 0 radical (unpaired) electrons. The molecule has 4 nitrogen and oxygen atoms in total. The molecule has 114 valence electrons. The number of nitrogens with zero attached hydrogens (tertiary/aromatic N) is 2. The smallest absolute Gasteiger partial charge is 0.0643 e. The molecule has 21 heavy (non-hydrogen) atoms. The van der Waals surface area contributed by atoms with E-state index in [1.54, 1.807) is 0 Å². The summed E-state index contributed by atoms with van der Waals surface area (Å²) in [6.45, 7) is 12.5. The fraction of sp³-hybridized carbons (Fsp3) is 0.471. The van der Waals surface area contributed by atoms with E-state index in [2.05, 4.69) is 65.5 Å². The van der Waals surface area contributed by atoms with Gasteiger partial charge < -0.3 is 5.32 Å². The first-order valence-electron chi connectivity index (χ1n) is 7.69. The molecule has 0 saturated heterocycles. The van der Waals surface area contributed by atoms with E-state index in [9.17, 15) is 0 Å². The topological polar surface area (TPSA) is 44.0 Å². The SMILES string of the molecule is CCN(CC)Cc1cccc(NCc2c(C)n[nH]c2C)c1. The van der Waals surface area contributed by atoms with Gasteiger partial charge in [-0.2, -0.15) is 5.10 Å². The second kappa shape index (κ2) is 7.27. The fourth-order valence-electron chi connectivity index (χ4n) is 2.51. The Labute approximate surface area is 127 Å². The highest BCUT2D eigenvalue weighted by Gasteiger charge is 2.06. The number of hydrogen-bond donors (Lipinski definition) is 2. The monoisotopic (exact) mass is 286 g/mol. The third kappa shape index (κ3) is 4.08. The number of benzene rings is 1. The average Bonchev–Trinajstić information content (AvgIpc) is 2.82. The fourth-order valence-corrected chi connectivity index (χ4v) is 2.51. The van der Waals surface area contributed by atoms with E-state index >= 15 is 0 Å². The first-order chi connectivity index (χ1) is 10.1. The van der Waals surface area contributed by atoms with Gasteiger partial charge in [0.2, 0.25) is 0 Å². The van der Waals surface area contributed by atoms with E-state index in [4.69, 9.17) is 0 Å². The number of aryl methyl sites for hydroxylation is 2. The predicted octanol–water partition coefficient (Wildman–Crippen LogP) is 3.48. The Kier molecular flexibility index (Phi) is 5.39. The number of rotatable bonds is 7. The zero-order valence-corrected chi connectivity index (χ0v) is 13.5. The summed E-state index contributed by atoms with van der Waals surface area (Å²) >= 11 is 0. The van der Waals surface area contributed by atoms with Crippen LogP contribution in [0.1, 0.15) is 36.4 Å². The van der Waals surface area contributed by atoms with Gasteiger partial charge in [0.15, 0.2) is 0 Å². The van der Waals surface area contributed by atoms with Crippen LogP contribution in [0.5, 0.6) is 0 Å². The van der Waals surface area contributed by atoms with Crippen LogP contribution >= 0.6 is 0 Å². The summed E-state index contributed by atoms with van der Waals surface area (Å²) in [6, 6.07) is 8.67. The minimum absolute atomic E-state index is 0.808. The van der Waals surface area contributed by atoms with Gasteiger partial charge >= 0.3 is 0 Å².